The van der Waals surface area contributed by atoms with Crippen molar-refractivity contribution in [1.29, 1.82) is 0 Å². The van der Waals surface area contributed by atoms with E-state index < -0.39 is 6.10 Å². The van der Waals surface area contributed by atoms with Crippen molar-refractivity contribution in [2.24, 2.45) is 0 Å². The van der Waals surface area contributed by atoms with E-state index in [-0.39, 0.29) is 0 Å². The molecule has 0 amide bonds. The van der Waals surface area contributed by atoms with E-state index in [9.17, 15) is 5.11 Å². The van der Waals surface area contributed by atoms with Gasteiger partial charge in [0.1, 0.15) is 11.4 Å². The Hall–Kier alpha value is -1.88. The average molecular weight is 233 g/mol. The van der Waals surface area contributed by atoms with Crippen LogP contribution in [0.1, 0.15) is 25.1 Å². The summed E-state index contributed by atoms with van der Waals surface area (Å²) in [5, 5.41) is 17.6. The second-order valence-electron chi connectivity index (χ2n) is 3.71. The number of nitrogens with zero attached hydrogens (tertiary/aromatic N) is 3. The summed E-state index contributed by atoms with van der Waals surface area (Å²) in [4.78, 5) is 0. The fourth-order valence-electron chi connectivity index (χ4n) is 1.50. The molecule has 0 radical (unpaired) electrons. The normalized spacial score (nSPS) is 12.4. The fraction of sp³-hybridized carbons (Fsp3) is 0.333. The fourth-order valence-corrected chi connectivity index (χ4v) is 1.50. The van der Waals surface area contributed by atoms with Gasteiger partial charge in [0.15, 0.2) is 0 Å². The first-order valence-electron chi connectivity index (χ1n) is 5.49. The van der Waals surface area contributed by atoms with E-state index in [0.29, 0.717) is 12.1 Å². The summed E-state index contributed by atoms with van der Waals surface area (Å²) in [6, 6.07) is 7.48. The number of hydrogen-bond acceptors (Lipinski definition) is 4. The standard InChI is InChI=1S/C12H15N3O2/c1-3-12(16)11-8-15(14-13-11)9-4-6-10(17-2)7-5-9/h4-8,12,16H,3H2,1-2H3. The summed E-state index contributed by atoms with van der Waals surface area (Å²) in [6.45, 7) is 1.90. The monoisotopic (exact) mass is 233 g/mol. The minimum absolute atomic E-state index is 0.554. The second kappa shape index (κ2) is 4.97. The summed E-state index contributed by atoms with van der Waals surface area (Å²) in [5.74, 6) is 0.794. The number of aliphatic hydroxyl groups excluding tert-OH is 1. The second-order valence-corrected chi connectivity index (χ2v) is 3.71. The zero-order chi connectivity index (χ0) is 12.3. The SMILES string of the molecule is CCC(O)c1cn(-c2ccc(OC)cc2)nn1. The molecule has 0 aliphatic rings. The molecular formula is C12H15N3O2. The number of ether oxygens (including phenoxy) is 1. The van der Waals surface area contributed by atoms with Gasteiger partial charge in [0.25, 0.3) is 0 Å². The molecule has 1 aromatic heterocycles. The summed E-state index contributed by atoms with van der Waals surface area (Å²) in [5.41, 5.74) is 1.47. The number of rotatable bonds is 4. The molecular weight excluding hydrogens is 218 g/mol. The lowest BCUT2D eigenvalue weighted by atomic mass is 10.2. The largest absolute Gasteiger partial charge is 0.497 e. The Labute approximate surface area is 99.7 Å². The van der Waals surface area contributed by atoms with E-state index in [2.05, 4.69) is 10.3 Å². The summed E-state index contributed by atoms with van der Waals surface area (Å²) in [6.07, 6.45) is 1.80. The van der Waals surface area contributed by atoms with Gasteiger partial charge in [-0.25, -0.2) is 4.68 Å². The number of hydrogen-bond donors (Lipinski definition) is 1. The highest BCUT2D eigenvalue weighted by molar-refractivity contribution is 5.36. The summed E-state index contributed by atoms with van der Waals surface area (Å²) >= 11 is 0. The van der Waals surface area contributed by atoms with Crippen LogP contribution in [0.4, 0.5) is 0 Å². The molecule has 0 saturated carbocycles. The van der Waals surface area contributed by atoms with Gasteiger partial charge in [-0.3, -0.25) is 0 Å². The molecule has 2 rings (SSSR count). The third-order valence-electron chi connectivity index (χ3n) is 2.58. The minimum Gasteiger partial charge on any atom is -0.497 e. The third kappa shape index (κ3) is 2.45. The van der Waals surface area contributed by atoms with E-state index in [1.807, 2.05) is 31.2 Å². The van der Waals surface area contributed by atoms with E-state index in [1.165, 1.54) is 0 Å². The van der Waals surface area contributed by atoms with Crippen molar-refractivity contribution in [1.82, 2.24) is 15.0 Å². The Morgan fingerprint density at radius 3 is 2.65 bits per heavy atom. The molecule has 0 fully saturated rings. The van der Waals surface area contributed by atoms with Crippen molar-refractivity contribution in [2.45, 2.75) is 19.4 Å². The third-order valence-corrected chi connectivity index (χ3v) is 2.58. The van der Waals surface area contributed by atoms with Crippen molar-refractivity contribution in [3.05, 3.63) is 36.2 Å². The Balaban J connectivity index is 2.24. The van der Waals surface area contributed by atoms with Gasteiger partial charge in [-0.05, 0) is 30.7 Å². The molecule has 1 aromatic carbocycles. The molecule has 0 bridgehead atoms. The molecule has 0 spiro atoms. The van der Waals surface area contributed by atoms with E-state index >= 15 is 0 Å². The van der Waals surface area contributed by atoms with Gasteiger partial charge in [0.05, 0.1) is 25.1 Å². The molecule has 2 aromatic rings. The van der Waals surface area contributed by atoms with Crippen molar-refractivity contribution < 1.29 is 9.84 Å². The molecule has 0 aliphatic heterocycles. The highest BCUT2D eigenvalue weighted by Gasteiger charge is 2.10. The lowest BCUT2D eigenvalue weighted by Crippen LogP contribution is -1.95. The smallest absolute Gasteiger partial charge is 0.119 e. The molecule has 0 aliphatic carbocycles. The molecule has 1 atom stereocenters. The van der Waals surface area contributed by atoms with Crippen LogP contribution in [0.15, 0.2) is 30.5 Å². The van der Waals surface area contributed by atoms with Gasteiger partial charge in [-0.1, -0.05) is 12.1 Å². The quantitative estimate of drug-likeness (QED) is 0.873. The molecule has 1 N–H and O–H groups in total. The molecule has 17 heavy (non-hydrogen) atoms. The van der Waals surface area contributed by atoms with Crippen LogP contribution < -0.4 is 4.74 Å². The van der Waals surface area contributed by atoms with E-state index in [4.69, 9.17) is 4.74 Å². The predicted octanol–water partition coefficient (Wildman–Crippen LogP) is 1.72. The topological polar surface area (TPSA) is 60.2 Å². The highest BCUT2D eigenvalue weighted by atomic mass is 16.5. The van der Waals surface area contributed by atoms with Crippen LogP contribution in [-0.2, 0) is 0 Å². The maximum atomic E-state index is 9.64. The maximum absolute atomic E-state index is 9.64. The summed E-state index contributed by atoms with van der Waals surface area (Å²) < 4.78 is 6.71. The zero-order valence-electron chi connectivity index (χ0n) is 9.87. The lowest BCUT2D eigenvalue weighted by molar-refractivity contribution is 0.169. The van der Waals surface area contributed by atoms with Crippen LogP contribution in [0.5, 0.6) is 5.75 Å². The Morgan fingerprint density at radius 1 is 1.35 bits per heavy atom. The van der Waals surface area contributed by atoms with Crippen LogP contribution in [0.25, 0.3) is 5.69 Å². The molecule has 5 nitrogen and oxygen atoms in total. The molecule has 0 saturated heterocycles. The first kappa shape index (κ1) is 11.6. The average Bonchev–Trinajstić information content (AvgIpc) is 2.87. The van der Waals surface area contributed by atoms with Crippen molar-refractivity contribution >= 4 is 0 Å². The molecule has 5 heteroatoms. The molecule has 1 heterocycles. The van der Waals surface area contributed by atoms with Crippen LogP contribution in [0.3, 0.4) is 0 Å². The van der Waals surface area contributed by atoms with Gasteiger partial charge in [0.2, 0.25) is 0 Å². The first-order chi connectivity index (χ1) is 8.24. The Morgan fingerprint density at radius 2 is 2.06 bits per heavy atom. The van der Waals surface area contributed by atoms with Crippen LogP contribution in [0, 0.1) is 0 Å². The van der Waals surface area contributed by atoms with Gasteiger partial charge >= 0.3 is 0 Å². The van der Waals surface area contributed by atoms with Crippen molar-refractivity contribution in [3.8, 4) is 11.4 Å². The molecule has 90 valence electrons. The predicted molar refractivity (Wildman–Crippen MR) is 63.2 cm³/mol. The number of methoxy groups -OCH3 is 1. The van der Waals surface area contributed by atoms with Crippen LogP contribution in [0.2, 0.25) is 0 Å². The van der Waals surface area contributed by atoms with Gasteiger partial charge in [-0.15, -0.1) is 5.10 Å². The summed E-state index contributed by atoms with van der Waals surface area (Å²) in [7, 11) is 1.63. The zero-order valence-corrected chi connectivity index (χ0v) is 9.87. The van der Waals surface area contributed by atoms with Gasteiger partial charge < -0.3 is 9.84 Å². The first-order valence-corrected chi connectivity index (χ1v) is 5.49. The minimum atomic E-state index is -0.554. The lowest BCUT2D eigenvalue weighted by Gasteiger charge is -2.03. The van der Waals surface area contributed by atoms with Gasteiger partial charge in [-0.2, -0.15) is 0 Å². The number of aromatic nitrogens is 3. The van der Waals surface area contributed by atoms with E-state index in [1.54, 1.807) is 18.0 Å². The van der Waals surface area contributed by atoms with Crippen molar-refractivity contribution in [2.75, 3.05) is 7.11 Å². The number of benzene rings is 1. The van der Waals surface area contributed by atoms with Crippen LogP contribution in [-0.4, -0.2) is 27.2 Å². The Kier molecular flexibility index (Phi) is 3.39. The number of aliphatic hydroxyl groups is 1. The highest BCUT2D eigenvalue weighted by Crippen LogP contribution is 2.17. The van der Waals surface area contributed by atoms with Gasteiger partial charge in [0, 0.05) is 0 Å². The van der Waals surface area contributed by atoms with Crippen LogP contribution >= 0.6 is 0 Å². The van der Waals surface area contributed by atoms with E-state index in [0.717, 1.165) is 11.4 Å². The van der Waals surface area contributed by atoms with Crippen molar-refractivity contribution in [3.63, 3.8) is 0 Å². The Bertz CT molecular complexity index is 479. The molecule has 1 unspecified atom stereocenters. The maximum Gasteiger partial charge on any atom is 0.119 e.